The van der Waals surface area contributed by atoms with Crippen LogP contribution >= 0.6 is 11.6 Å². The Balaban J connectivity index is 1.88. The fourth-order valence-corrected chi connectivity index (χ4v) is 2.44. The molecule has 0 atom stereocenters. The Kier molecular flexibility index (Phi) is 4.39. The van der Waals surface area contributed by atoms with Crippen LogP contribution in [-0.4, -0.2) is 19.7 Å². The maximum absolute atomic E-state index is 10.7. The van der Waals surface area contributed by atoms with E-state index in [9.17, 15) is 10.1 Å². The summed E-state index contributed by atoms with van der Waals surface area (Å²) in [4.78, 5) is 10.3. The lowest BCUT2D eigenvalue weighted by Crippen LogP contribution is -1.95. The van der Waals surface area contributed by atoms with Gasteiger partial charge in [-0.1, -0.05) is 29.8 Å². The quantitative estimate of drug-likeness (QED) is 0.526. The monoisotopic (exact) mass is 340 g/mol. The number of halogens is 1. The summed E-state index contributed by atoms with van der Waals surface area (Å²) >= 11 is 6.12. The number of hydrogen-bond donors (Lipinski definition) is 0. The number of aromatic nitrogens is 3. The Hall–Kier alpha value is -2.99. The summed E-state index contributed by atoms with van der Waals surface area (Å²) < 4.78 is 1.81. The molecule has 0 amide bonds. The van der Waals surface area contributed by atoms with E-state index in [0.29, 0.717) is 16.7 Å². The Morgan fingerprint density at radius 1 is 1.08 bits per heavy atom. The smallest absolute Gasteiger partial charge is 0.269 e. The molecule has 0 N–H and O–H groups in total. The van der Waals surface area contributed by atoms with Crippen LogP contribution in [0.25, 0.3) is 23.5 Å². The Labute approximate surface area is 143 Å². The first-order valence-electron chi connectivity index (χ1n) is 7.13. The van der Waals surface area contributed by atoms with E-state index in [4.69, 9.17) is 11.6 Å². The second-order valence-electron chi connectivity index (χ2n) is 5.10. The minimum absolute atomic E-state index is 0.0414. The maximum atomic E-state index is 10.7. The molecule has 7 heteroatoms. The molecule has 0 fully saturated rings. The van der Waals surface area contributed by atoms with Crippen molar-refractivity contribution >= 4 is 29.4 Å². The molecule has 0 bridgehead atoms. The van der Waals surface area contributed by atoms with Crippen molar-refractivity contribution in [2.75, 3.05) is 0 Å². The Bertz CT molecular complexity index is 917. The van der Waals surface area contributed by atoms with Crippen molar-refractivity contribution < 1.29 is 4.92 Å². The van der Waals surface area contributed by atoms with Crippen molar-refractivity contribution in [2.45, 2.75) is 0 Å². The molecule has 24 heavy (non-hydrogen) atoms. The van der Waals surface area contributed by atoms with Crippen molar-refractivity contribution in [3.05, 3.63) is 75.1 Å². The largest absolute Gasteiger partial charge is 0.311 e. The van der Waals surface area contributed by atoms with Gasteiger partial charge in [0.1, 0.15) is 0 Å². The fraction of sp³-hybridized carbons (Fsp3) is 0.0588. The molecule has 120 valence electrons. The van der Waals surface area contributed by atoms with Crippen molar-refractivity contribution in [3.8, 4) is 11.4 Å². The van der Waals surface area contributed by atoms with E-state index in [0.717, 1.165) is 11.1 Å². The predicted octanol–water partition coefficient (Wildman–Crippen LogP) is 4.21. The lowest BCUT2D eigenvalue weighted by Gasteiger charge is -2.02. The normalized spacial score (nSPS) is 11.1. The standard InChI is InChI=1S/C17H13ClN4O2/c1-21-16(11-8-12-4-2-3-5-15(12)18)19-20-17(21)13-6-9-14(10-7-13)22(23)24/h2-11H,1H3/b11-8+. The molecule has 0 unspecified atom stereocenters. The zero-order chi connectivity index (χ0) is 17.1. The molecule has 2 aromatic carbocycles. The van der Waals surface area contributed by atoms with Crippen molar-refractivity contribution in [2.24, 2.45) is 7.05 Å². The highest BCUT2D eigenvalue weighted by molar-refractivity contribution is 6.32. The lowest BCUT2D eigenvalue weighted by molar-refractivity contribution is -0.384. The number of rotatable bonds is 4. The second kappa shape index (κ2) is 6.64. The molecule has 0 aliphatic heterocycles. The molecule has 3 aromatic rings. The van der Waals surface area contributed by atoms with E-state index in [1.807, 2.05) is 48.0 Å². The van der Waals surface area contributed by atoms with Gasteiger partial charge in [0, 0.05) is 29.8 Å². The number of hydrogen-bond acceptors (Lipinski definition) is 4. The minimum atomic E-state index is -0.432. The van der Waals surface area contributed by atoms with E-state index in [1.54, 1.807) is 12.1 Å². The van der Waals surface area contributed by atoms with Crippen LogP contribution in [0.2, 0.25) is 5.02 Å². The molecule has 0 saturated heterocycles. The minimum Gasteiger partial charge on any atom is -0.311 e. The van der Waals surface area contributed by atoms with E-state index < -0.39 is 4.92 Å². The molecule has 3 rings (SSSR count). The van der Waals surface area contributed by atoms with Crippen LogP contribution in [0.4, 0.5) is 5.69 Å². The first-order chi connectivity index (χ1) is 11.6. The molecule has 0 spiro atoms. The summed E-state index contributed by atoms with van der Waals surface area (Å²) in [5.74, 6) is 1.28. The molecule has 6 nitrogen and oxygen atoms in total. The van der Waals surface area contributed by atoms with Crippen LogP contribution in [0, 0.1) is 10.1 Å². The fourth-order valence-electron chi connectivity index (χ4n) is 2.24. The first kappa shape index (κ1) is 15.9. The summed E-state index contributed by atoms with van der Waals surface area (Å²) in [6.07, 6.45) is 3.69. The maximum Gasteiger partial charge on any atom is 0.269 e. The van der Waals surface area contributed by atoms with Gasteiger partial charge in [0.25, 0.3) is 5.69 Å². The molecular formula is C17H13ClN4O2. The number of nitrogens with zero attached hydrogens (tertiary/aromatic N) is 4. The SMILES string of the molecule is Cn1c(/C=C/c2ccccc2Cl)nnc1-c1ccc([N+](=O)[O-])cc1. The Morgan fingerprint density at radius 2 is 1.79 bits per heavy atom. The Morgan fingerprint density at radius 3 is 2.46 bits per heavy atom. The summed E-state index contributed by atoms with van der Waals surface area (Å²) in [5.41, 5.74) is 1.69. The van der Waals surface area contributed by atoms with Gasteiger partial charge in [-0.15, -0.1) is 10.2 Å². The van der Waals surface area contributed by atoms with Crippen molar-refractivity contribution in [1.29, 1.82) is 0 Å². The second-order valence-corrected chi connectivity index (χ2v) is 5.51. The predicted molar refractivity (Wildman–Crippen MR) is 93.5 cm³/mol. The average molecular weight is 341 g/mol. The van der Waals surface area contributed by atoms with Gasteiger partial charge in [-0.05, 0) is 35.9 Å². The molecule has 0 aliphatic rings. The zero-order valence-electron chi connectivity index (χ0n) is 12.8. The highest BCUT2D eigenvalue weighted by Crippen LogP contribution is 2.22. The zero-order valence-corrected chi connectivity index (χ0v) is 13.5. The van der Waals surface area contributed by atoms with E-state index in [-0.39, 0.29) is 5.69 Å². The van der Waals surface area contributed by atoms with Gasteiger partial charge in [-0.3, -0.25) is 10.1 Å². The van der Waals surface area contributed by atoms with Gasteiger partial charge >= 0.3 is 0 Å². The van der Waals surface area contributed by atoms with Gasteiger partial charge in [0.05, 0.1) is 4.92 Å². The van der Waals surface area contributed by atoms with E-state index in [2.05, 4.69) is 10.2 Å². The van der Waals surface area contributed by atoms with E-state index >= 15 is 0 Å². The molecule has 1 aromatic heterocycles. The van der Waals surface area contributed by atoms with Crippen LogP contribution < -0.4 is 0 Å². The molecular weight excluding hydrogens is 328 g/mol. The van der Waals surface area contributed by atoms with Crippen LogP contribution in [0.1, 0.15) is 11.4 Å². The van der Waals surface area contributed by atoms with Crippen LogP contribution in [0.3, 0.4) is 0 Å². The lowest BCUT2D eigenvalue weighted by atomic mass is 10.2. The molecule has 0 saturated carbocycles. The topological polar surface area (TPSA) is 73.8 Å². The molecule has 0 aliphatic carbocycles. The van der Waals surface area contributed by atoms with Crippen LogP contribution in [0.5, 0.6) is 0 Å². The number of benzene rings is 2. The number of non-ortho nitro benzene ring substituents is 1. The summed E-state index contributed by atoms with van der Waals surface area (Å²) in [5, 5.41) is 19.7. The first-order valence-corrected chi connectivity index (χ1v) is 7.51. The molecule has 0 radical (unpaired) electrons. The highest BCUT2D eigenvalue weighted by Gasteiger charge is 2.11. The molecule has 1 heterocycles. The third-order valence-electron chi connectivity index (χ3n) is 3.56. The summed E-state index contributed by atoms with van der Waals surface area (Å²) in [6.45, 7) is 0. The van der Waals surface area contributed by atoms with Crippen LogP contribution in [0.15, 0.2) is 48.5 Å². The van der Waals surface area contributed by atoms with Gasteiger partial charge in [0.2, 0.25) is 0 Å². The van der Waals surface area contributed by atoms with E-state index in [1.165, 1.54) is 12.1 Å². The van der Waals surface area contributed by atoms with Gasteiger partial charge in [0.15, 0.2) is 11.6 Å². The number of nitro benzene ring substituents is 1. The van der Waals surface area contributed by atoms with Crippen molar-refractivity contribution in [1.82, 2.24) is 14.8 Å². The average Bonchev–Trinajstić information content (AvgIpc) is 2.95. The van der Waals surface area contributed by atoms with Gasteiger partial charge in [-0.25, -0.2) is 0 Å². The van der Waals surface area contributed by atoms with Crippen LogP contribution in [-0.2, 0) is 7.05 Å². The summed E-state index contributed by atoms with van der Waals surface area (Å²) in [7, 11) is 1.84. The number of nitro groups is 1. The third kappa shape index (κ3) is 3.18. The van der Waals surface area contributed by atoms with Gasteiger partial charge in [-0.2, -0.15) is 0 Å². The third-order valence-corrected chi connectivity index (χ3v) is 3.91. The summed E-state index contributed by atoms with van der Waals surface area (Å²) in [6, 6.07) is 13.7. The van der Waals surface area contributed by atoms with Gasteiger partial charge < -0.3 is 4.57 Å². The van der Waals surface area contributed by atoms with Crippen molar-refractivity contribution in [3.63, 3.8) is 0 Å². The highest BCUT2D eigenvalue weighted by atomic mass is 35.5.